The van der Waals surface area contributed by atoms with Crippen LogP contribution in [0.2, 0.25) is 0 Å². The van der Waals surface area contributed by atoms with Gasteiger partial charge in [0.2, 0.25) is 29.5 Å². The summed E-state index contributed by atoms with van der Waals surface area (Å²) < 4.78 is 83.2. The topological polar surface area (TPSA) is 344 Å². The van der Waals surface area contributed by atoms with Crippen LogP contribution in [0.1, 0.15) is 109 Å². The van der Waals surface area contributed by atoms with Gasteiger partial charge in [-0.3, -0.25) is 33.9 Å². The van der Waals surface area contributed by atoms with Crippen molar-refractivity contribution in [2.45, 2.75) is 106 Å². The Balaban J connectivity index is 0.000000147. The number of nitrogens with zero attached hydrogens (tertiary/aromatic N) is 10. The maximum atomic E-state index is 14.7. The molecule has 0 unspecified atom stereocenters. The van der Waals surface area contributed by atoms with Gasteiger partial charge in [0.25, 0.3) is 0 Å². The standard InChI is InChI=1S/C32H30F2N4O4.C27H26F2N6O4.C23H21N3O3/c33-32(34)18-38(30(40)17-39)11-10-29(32)42-28-9-7-21(12-23(28)15-35)20-2-1-3-24(13-20)37-31(41)26-14-25(26)22-6-8-27(36-16-22)19-4-5-19;1-34-9-7-32-25(34)19-12-20(19)26(38)33-18-4-6-31-21(11-18)16-2-3-22(17(10-16)13-30)39-23-5-8-35(24(37)14-36)15-27(23,28)29;24-13-17-12-21(17)23(27)26-19-3-1-2-15(11-19)16-4-5-22(18(10-16)14-25)29-20-6-8-28-9-7-20/h1-3,6-9,12-13,16,19,25-26,29,39H,4-5,10-11,14,17-18H2,(H,37,41);2-4,6-7,9-11,19-20,23,36H,5,8,12,14-15H2,1H3,(H,31,33,38);1-5,10-11,17,20-21H,6-9,12H2,(H,26,27)/t25-,26+,29-;19-,20-,23+;17-,21+/m010/s1. The van der Waals surface area contributed by atoms with E-state index in [1.165, 1.54) is 37.2 Å². The van der Waals surface area contributed by atoms with E-state index in [1.807, 2.05) is 84.7 Å². The summed E-state index contributed by atoms with van der Waals surface area (Å²) >= 11 is 0. The van der Waals surface area contributed by atoms with Crippen LogP contribution in [-0.2, 0) is 35.8 Å². The van der Waals surface area contributed by atoms with E-state index < -0.39 is 62.2 Å². The summed E-state index contributed by atoms with van der Waals surface area (Å²) in [4.78, 5) is 76.2. The lowest BCUT2D eigenvalue weighted by Gasteiger charge is -2.38. The Bertz CT molecular complexity index is 4970. The van der Waals surface area contributed by atoms with E-state index >= 15 is 0 Å². The minimum Gasteiger partial charge on any atom is -0.489 e. The summed E-state index contributed by atoms with van der Waals surface area (Å²) in [5.74, 6) is -6.89. The Kier molecular flexibility index (Phi) is 23.0. The molecule has 7 fully saturated rings. The van der Waals surface area contributed by atoms with Gasteiger partial charge >= 0.3 is 11.8 Å². The summed E-state index contributed by atoms with van der Waals surface area (Å²) in [6.07, 6.45) is 9.87. The van der Waals surface area contributed by atoms with Gasteiger partial charge in [-0.2, -0.15) is 21.0 Å². The SMILES string of the molecule is Cn1ccnc1[C@@H]1C[C@H]1C(=O)Nc1ccnc(-c2ccc(O[C@H]3CCN(C(=O)CO)CC3(F)F)c(C#N)c2)c1.N#Cc1cc(-c2cccc(NC(=O)[C@@H]3C[C@H]3C#N)c2)ccc1OC1CCOCC1.N#Cc1cc(-c2cccc(NC(=O)[C@@H]3C[C@H]3c3ccc(C4CC4)nc3)c2)ccc1O[C@H]1CCN(C(=O)CO)CC1(F)F. The van der Waals surface area contributed by atoms with E-state index in [9.17, 15) is 57.3 Å². The van der Waals surface area contributed by atoms with Gasteiger partial charge in [-0.1, -0.05) is 42.5 Å². The average molecular weight is 1500 g/mol. The largest absolute Gasteiger partial charge is 0.489 e. The molecule has 5 amide bonds. The summed E-state index contributed by atoms with van der Waals surface area (Å²) in [6, 6.07) is 45.4. The number of aliphatic hydroxyl groups is 2. The Morgan fingerprint density at radius 3 is 1.53 bits per heavy atom. The highest BCUT2D eigenvalue weighted by Crippen LogP contribution is 2.50. The number of aryl methyl sites for hydroxylation is 1. The van der Waals surface area contributed by atoms with E-state index in [0.29, 0.717) is 70.7 Å². The van der Waals surface area contributed by atoms with Crippen molar-refractivity contribution < 1.29 is 70.7 Å². The highest BCUT2D eigenvalue weighted by Gasteiger charge is 2.51. The molecule has 3 aliphatic heterocycles. The first-order chi connectivity index (χ1) is 53.1. The number of imidazole rings is 1. The van der Waals surface area contributed by atoms with Gasteiger partial charge in [-0.15, -0.1) is 0 Å². The number of likely N-dealkylation sites (tertiary alicyclic amines) is 2. The fourth-order valence-electron chi connectivity index (χ4n) is 13.9. The molecule has 110 heavy (non-hydrogen) atoms. The predicted molar refractivity (Wildman–Crippen MR) is 392 cm³/mol. The number of rotatable bonds is 20. The number of ether oxygens (including phenoxy) is 4. The maximum Gasteiger partial charge on any atom is 0.301 e. The Labute approximate surface area is 630 Å². The zero-order chi connectivity index (χ0) is 77.4. The molecule has 8 atom stereocenters. The lowest BCUT2D eigenvalue weighted by Crippen LogP contribution is -2.55. The van der Waals surface area contributed by atoms with Crippen molar-refractivity contribution in [2.75, 3.05) is 68.6 Å². The number of benzene rings is 5. The number of piperidine rings is 2. The van der Waals surface area contributed by atoms with Gasteiger partial charge in [0.1, 0.15) is 60.6 Å². The van der Waals surface area contributed by atoms with Crippen molar-refractivity contribution in [3.63, 3.8) is 0 Å². The van der Waals surface area contributed by atoms with Crippen LogP contribution in [0.5, 0.6) is 17.2 Å². The maximum absolute atomic E-state index is 14.7. The average Bonchev–Trinajstić information content (AvgIpc) is 1.67. The monoisotopic (exact) mass is 1500 g/mol. The zero-order valence-electron chi connectivity index (χ0n) is 59.8. The van der Waals surface area contributed by atoms with Gasteiger partial charge in [-0.05, 0) is 151 Å². The van der Waals surface area contributed by atoms with Crippen LogP contribution in [0, 0.1) is 69.0 Å². The van der Waals surface area contributed by atoms with Crippen molar-refractivity contribution in [2.24, 2.45) is 30.7 Å². The Morgan fingerprint density at radius 1 is 0.545 bits per heavy atom. The highest BCUT2D eigenvalue weighted by atomic mass is 19.3. The second-order valence-corrected chi connectivity index (χ2v) is 28.4. The van der Waals surface area contributed by atoms with E-state index in [0.717, 1.165) is 69.3 Å². The molecule has 4 aliphatic carbocycles. The third kappa shape index (κ3) is 18.2. The van der Waals surface area contributed by atoms with Crippen molar-refractivity contribution >= 4 is 46.6 Å². The highest BCUT2D eigenvalue weighted by molar-refractivity contribution is 5.97. The van der Waals surface area contributed by atoms with Crippen molar-refractivity contribution in [1.29, 1.82) is 21.0 Å². The number of halogens is 4. The van der Waals surface area contributed by atoms with Crippen LogP contribution in [0.3, 0.4) is 0 Å². The second-order valence-electron chi connectivity index (χ2n) is 28.4. The smallest absolute Gasteiger partial charge is 0.301 e. The Morgan fingerprint density at radius 2 is 1.05 bits per heavy atom. The fourth-order valence-corrected chi connectivity index (χ4v) is 13.9. The molecule has 564 valence electrons. The first-order valence-corrected chi connectivity index (χ1v) is 36.3. The Hall–Kier alpha value is -12.1. The minimum absolute atomic E-state index is 0.00532. The molecule has 3 aromatic heterocycles. The third-order valence-electron chi connectivity index (χ3n) is 20.6. The van der Waals surface area contributed by atoms with E-state index in [-0.39, 0.29) is 108 Å². The number of aromatic nitrogens is 4. The number of hydrogen-bond acceptors (Lipinski definition) is 18. The molecular weight excluding hydrogens is 1420 g/mol. The molecule has 8 aromatic rings. The van der Waals surface area contributed by atoms with Crippen molar-refractivity contribution in [1.82, 2.24) is 29.3 Å². The number of anilines is 3. The van der Waals surface area contributed by atoms with Crippen molar-refractivity contribution in [3.05, 3.63) is 186 Å². The van der Waals surface area contributed by atoms with Crippen LogP contribution in [-0.4, -0.2) is 152 Å². The van der Waals surface area contributed by atoms with Gasteiger partial charge in [0.05, 0.1) is 66.6 Å². The number of pyridine rings is 2. The molecule has 5 N–H and O–H groups in total. The number of carbonyl (C=O) groups is 5. The number of amides is 5. The molecule has 0 radical (unpaired) electrons. The molecule has 15 rings (SSSR count). The zero-order valence-corrected chi connectivity index (χ0v) is 59.8. The molecule has 5 aromatic carbocycles. The van der Waals surface area contributed by atoms with Gasteiger partial charge in [0, 0.05) is 123 Å². The first-order valence-electron chi connectivity index (χ1n) is 36.3. The van der Waals surface area contributed by atoms with E-state index in [1.54, 1.807) is 54.7 Å². The summed E-state index contributed by atoms with van der Waals surface area (Å²) in [7, 11) is 1.89. The second kappa shape index (κ2) is 33.2. The summed E-state index contributed by atoms with van der Waals surface area (Å²) in [6.45, 7) is -2.02. The molecular formula is C82H77F4N13O11. The van der Waals surface area contributed by atoms with Crippen LogP contribution in [0.25, 0.3) is 33.5 Å². The number of hydrogen-bond donors (Lipinski definition) is 5. The molecule has 4 saturated carbocycles. The lowest BCUT2D eigenvalue weighted by molar-refractivity contribution is -0.162. The number of aliphatic hydroxyl groups excluding tert-OH is 2. The van der Waals surface area contributed by atoms with Gasteiger partial charge in [-0.25, -0.2) is 22.5 Å². The number of carbonyl (C=O) groups excluding carboxylic acids is 5. The van der Waals surface area contributed by atoms with E-state index in [2.05, 4.69) is 55.2 Å². The molecule has 28 heteroatoms. The number of alkyl halides is 4. The quantitative estimate of drug-likeness (QED) is 0.0443. The predicted octanol–water partition coefficient (Wildman–Crippen LogP) is 11.4. The fraction of sp³-hybridized carbons (Fsp3) is 0.366. The van der Waals surface area contributed by atoms with Crippen molar-refractivity contribution in [3.8, 4) is 75.0 Å². The normalized spacial score (nSPS) is 21.8. The van der Waals surface area contributed by atoms with Gasteiger partial charge in [0.15, 0.2) is 12.2 Å². The number of nitrogens with one attached hydrogen (secondary N) is 3. The van der Waals surface area contributed by atoms with Crippen LogP contribution in [0.4, 0.5) is 34.6 Å². The first kappa shape index (κ1) is 76.1. The summed E-state index contributed by atoms with van der Waals surface area (Å²) in [5.41, 5.74) is 8.87. The van der Waals surface area contributed by atoms with E-state index in [4.69, 9.17) is 34.4 Å². The van der Waals surface area contributed by atoms with Gasteiger partial charge < -0.3 is 59.5 Å². The summed E-state index contributed by atoms with van der Waals surface area (Å²) in [5, 5.41) is 64.6. The molecule has 3 saturated heterocycles. The van der Waals surface area contributed by atoms with Crippen LogP contribution >= 0.6 is 0 Å². The molecule has 0 bridgehead atoms. The minimum atomic E-state index is -3.36. The number of nitriles is 4. The molecule has 0 spiro atoms. The lowest BCUT2D eigenvalue weighted by atomic mass is 10.0. The van der Waals surface area contributed by atoms with Crippen LogP contribution in [0.15, 0.2) is 152 Å². The molecule has 7 aliphatic rings. The molecule has 6 heterocycles. The third-order valence-corrected chi connectivity index (χ3v) is 20.6. The molecule has 24 nitrogen and oxygen atoms in total. The van der Waals surface area contributed by atoms with Crippen LogP contribution < -0.4 is 30.2 Å².